The minimum absolute atomic E-state index is 0.0632. The number of amides is 2. The van der Waals surface area contributed by atoms with Crippen molar-refractivity contribution >= 4 is 18.0 Å². The fraction of sp³-hybridized carbons (Fsp3) is 0.214. The fourth-order valence-corrected chi connectivity index (χ4v) is 5.96. The Kier molecular flexibility index (Phi) is 12.3. The number of carboxylic acid groups (broad SMARTS) is 1. The van der Waals surface area contributed by atoms with Gasteiger partial charge in [0.25, 0.3) is 0 Å². The van der Waals surface area contributed by atoms with E-state index < -0.39 is 35.8 Å². The minimum atomic E-state index is -1.23. The van der Waals surface area contributed by atoms with E-state index in [1.807, 2.05) is 146 Å². The predicted octanol–water partition coefficient (Wildman–Crippen LogP) is 7.77. The molecular formula is C42H42N2O5. The van der Waals surface area contributed by atoms with Gasteiger partial charge < -0.3 is 20.1 Å². The van der Waals surface area contributed by atoms with Crippen LogP contribution in [0.1, 0.15) is 34.6 Å². The zero-order valence-corrected chi connectivity index (χ0v) is 27.7. The molecule has 0 aromatic heterocycles. The maximum Gasteiger partial charge on any atom is 0.326 e. The molecule has 1 unspecified atom stereocenters. The summed E-state index contributed by atoms with van der Waals surface area (Å²) in [4.78, 5) is 41.3. The number of aryl methyl sites for hydroxylation is 1. The molecule has 7 nitrogen and oxygen atoms in total. The van der Waals surface area contributed by atoms with Gasteiger partial charge >= 0.3 is 18.0 Å². The van der Waals surface area contributed by atoms with E-state index >= 15 is 0 Å². The first-order valence-electron chi connectivity index (χ1n) is 16.6. The molecule has 49 heavy (non-hydrogen) atoms. The van der Waals surface area contributed by atoms with Crippen LogP contribution in [0.4, 0.5) is 4.79 Å². The smallest absolute Gasteiger partial charge is 0.326 e. The van der Waals surface area contributed by atoms with Crippen molar-refractivity contribution in [3.8, 4) is 11.1 Å². The second-order valence-corrected chi connectivity index (χ2v) is 12.2. The van der Waals surface area contributed by atoms with Crippen LogP contribution < -0.4 is 5.32 Å². The molecule has 2 N–H and O–H groups in total. The van der Waals surface area contributed by atoms with E-state index in [4.69, 9.17) is 4.74 Å². The Morgan fingerprint density at radius 2 is 1.18 bits per heavy atom. The molecule has 0 aliphatic rings. The van der Waals surface area contributed by atoms with E-state index in [0.29, 0.717) is 19.3 Å². The summed E-state index contributed by atoms with van der Waals surface area (Å²) >= 11 is 0. The maximum absolute atomic E-state index is 13.7. The molecule has 5 aromatic rings. The van der Waals surface area contributed by atoms with Crippen LogP contribution >= 0.6 is 0 Å². The average molecular weight is 655 g/mol. The Bertz CT molecular complexity index is 1760. The maximum atomic E-state index is 13.7. The summed E-state index contributed by atoms with van der Waals surface area (Å²) in [6.07, 6.45) is 1.48. The summed E-state index contributed by atoms with van der Waals surface area (Å²) in [7, 11) is 1.58. The number of ether oxygens (including phenoxy) is 1. The quantitative estimate of drug-likeness (QED) is 0.113. The Morgan fingerprint density at radius 1 is 0.673 bits per heavy atom. The number of urea groups is 1. The highest BCUT2D eigenvalue weighted by atomic mass is 16.5. The van der Waals surface area contributed by atoms with Crippen LogP contribution in [0.25, 0.3) is 11.1 Å². The van der Waals surface area contributed by atoms with Gasteiger partial charge in [0.2, 0.25) is 0 Å². The number of benzene rings is 5. The van der Waals surface area contributed by atoms with Gasteiger partial charge in [0, 0.05) is 19.5 Å². The number of nitrogens with one attached hydrogen (secondary N) is 1. The third-order valence-electron chi connectivity index (χ3n) is 8.71. The average Bonchev–Trinajstić information content (AvgIpc) is 3.15. The van der Waals surface area contributed by atoms with E-state index in [1.54, 1.807) is 7.05 Å². The molecule has 0 aliphatic carbocycles. The fourth-order valence-electron chi connectivity index (χ4n) is 5.96. The predicted molar refractivity (Wildman–Crippen MR) is 192 cm³/mol. The van der Waals surface area contributed by atoms with Gasteiger partial charge in [-0.05, 0) is 52.6 Å². The molecule has 2 amide bonds. The van der Waals surface area contributed by atoms with Crippen molar-refractivity contribution in [1.29, 1.82) is 0 Å². The Hall–Kier alpha value is -5.69. The van der Waals surface area contributed by atoms with Gasteiger partial charge in [0.15, 0.2) is 0 Å². The lowest BCUT2D eigenvalue weighted by atomic mass is 9.85. The summed E-state index contributed by atoms with van der Waals surface area (Å²) in [6.45, 7) is 0.191. The minimum Gasteiger partial charge on any atom is -0.480 e. The third-order valence-corrected chi connectivity index (χ3v) is 8.71. The summed E-state index contributed by atoms with van der Waals surface area (Å²) in [5.74, 6) is -2.73. The molecule has 0 heterocycles. The lowest BCUT2D eigenvalue weighted by molar-refractivity contribution is -0.150. The lowest BCUT2D eigenvalue weighted by Gasteiger charge is -2.29. The molecule has 0 spiro atoms. The van der Waals surface area contributed by atoms with E-state index in [1.165, 1.54) is 4.90 Å². The number of carbonyl (C=O) groups is 3. The van der Waals surface area contributed by atoms with Gasteiger partial charge in [0.1, 0.15) is 12.6 Å². The molecule has 5 rings (SSSR count). The summed E-state index contributed by atoms with van der Waals surface area (Å²) < 4.78 is 5.69. The molecule has 250 valence electrons. The number of hydrogen-bond acceptors (Lipinski definition) is 4. The first-order chi connectivity index (χ1) is 23.9. The summed E-state index contributed by atoms with van der Waals surface area (Å²) in [5.41, 5.74) is 5.76. The highest BCUT2D eigenvalue weighted by molar-refractivity contribution is 5.84. The molecule has 0 saturated carbocycles. The van der Waals surface area contributed by atoms with Crippen molar-refractivity contribution in [2.24, 2.45) is 5.92 Å². The first-order valence-corrected chi connectivity index (χ1v) is 16.6. The zero-order valence-electron chi connectivity index (χ0n) is 27.7. The van der Waals surface area contributed by atoms with E-state index in [0.717, 1.165) is 33.4 Å². The molecule has 0 bridgehead atoms. The molecule has 3 atom stereocenters. The Morgan fingerprint density at radius 3 is 1.76 bits per heavy atom. The van der Waals surface area contributed by atoms with Crippen molar-refractivity contribution < 1.29 is 24.2 Å². The molecule has 0 fully saturated rings. The van der Waals surface area contributed by atoms with Crippen molar-refractivity contribution in [1.82, 2.24) is 10.2 Å². The van der Waals surface area contributed by atoms with Gasteiger partial charge in [-0.3, -0.25) is 4.79 Å². The van der Waals surface area contributed by atoms with Crippen LogP contribution in [0.5, 0.6) is 0 Å². The van der Waals surface area contributed by atoms with Crippen LogP contribution in [0.15, 0.2) is 146 Å². The van der Waals surface area contributed by atoms with Crippen LogP contribution in [0.2, 0.25) is 0 Å². The van der Waals surface area contributed by atoms with Gasteiger partial charge in [-0.1, -0.05) is 146 Å². The monoisotopic (exact) mass is 654 g/mol. The standard InChI is InChI=1S/C42H42N2O5/c1-44(29-37(23-22-31-14-6-2-7-15-31)41(47)49-30-33-18-10-4-11-19-33)42(48)43-39(40(45)46)38(28-32-16-8-3-9-17-32)36-26-24-35(25-27-36)34-20-12-5-13-21-34/h2-21,24-27,37-39H,22-23,28-30H2,1H3,(H,43,48)(H,45,46)/t37-,38?,39-/m0/s1. The SMILES string of the molecule is CN(C[C@H](CCc1ccccc1)C(=O)OCc1ccccc1)C(=O)N[C@H](C(=O)O)C(Cc1ccccc1)c1ccc(-c2ccccc2)cc1. The molecule has 5 aromatic carbocycles. The van der Waals surface area contributed by atoms with E-state index in [9.17, 15) is 19.5 Å². The van der Waals surface area contributed by atoms with Crippen molar-refractivity contribution in [2.45, 2.75) is 37.8 Å². The van der Waals surface area contributed by atoms with Gasteiger partial charge in [0.05, 0.1) is 5.92 Å². The van der Waals surface area contributed by atoms with Gasteiger partial charge in [-0.2, -0.15) is 0 Å². The van der Waals surface area contributed by atoms with Crippen LogP contribution in [-0.2, 0) is 33.8 Å². The van der Waals surface area contributed by atoms with Gasteiger partial charge in [-0.25, -0.2) is 9.59 Å². The largest absolute Gasteiger partial charge is 0.480 e. The van der Waals surface area contributed by atoms with Crippen LogP contribution in [-0.4, -0.2) is 47.6 Å². The molecule has 0 aliphatic heterocycles. The molecule has 0 saturated heterocycles. The summed E-state index contributed by atoms with van der Waals surface area (Å²) in [6, 6.07) is 44.9. The molecule has 7 heteroatoms. The Balaban J connectivity index is 1.33. The van der Waals surface area contributed by atoms with E-state index in [2.05, 4.69) is 5.32 Å². The lowest BCUT2D eigenvalue weighted by Crippen LogP contribution is -2.51. The second-order valence-electron chi connectivity index (χ2n) is 12.2. The highest BCUT2D eigenvalue weighted by Gasteiger charge is 2.33. The normalized spacial score (nSPS) is 12.7. The first kappa shape index (κ1) is 34.6. The number of hydrogen-bond donors (Lipinski definition) is 2. The number of carboxylic acids is 1. The Labute approximate surface area is 288 Å². The number of aliphatic carboxylic acids is 1. The third kappa shape index (κ3) is 10.1. The van der Waals surface area contributed by atoms with Crippen LogP contribution in [0.3, 0.4) is 0 Å². The number of esters is 1. The van der Waals surface area contributed by atoms with Crippen molar-refractivity contribution in [3.63, 3.8) is 0 Å². The number of carbonyl (C=O) groups excluding carboxylic acids is 2. The molecule has 0 radical (unpaired) electrons. The van der Waals surface area contributed by atoms with Crippen molar-refractivity contribution in [3.05, 3.63) is 168 Å². The van der Waals surface area contributed by atoms with E-state index in [-0.39, 0.29) is 13.2 Å². The molecular weight excluding hydrogens is 612 g/mol. The zero-order chi connectivity index (χ0) is 34.4. The van der Waals surface area contributed by atoms with Crippen LogP contribution in [0, 0.1) is 5.92 Å². The van der Waals surface area contributed by atoms with Crippen molar-refractivity contribution in [2.75, 3.05) is 13.6 Å². The number of nitrogens with zero attached hydrogens (tertiary/aromatic N) is 1. The highest BCUT2D eigenvalue weighted by Crippen LogP contribution is 2.28. The van der Waals surface area contributed by atoms with Gasteiger partial charge in [-0.15, -0.1) is 0 Å². The summed E-state index contributed by atoms with van der Waals surface area (Å²) in [5, 5.41) is 13.3. The topological polar surface area (TPSA) is 95.9 Å². The number of rotatable bonds is 15. The second kappa shape index (κ2) is 17.5.